The summed E-state index contributed by atoms with van der Waals surface area (Å²) in [7, 11) is 0. The Morgan fingerprint density at radius 2 is 0.608 bits per heavy atom. The third-order valence-electron chi connectivity index (χ3n) is 15.9. The highest BCUT2D eigenvalue weighted by atomic mass is 16.3. The molecule has 5 nitrogen and oxygen atoms in total. The van der Waals surface area contributed by atoms with E-state index in [2.05, 4.69) is 43.5 Å². The Balaban J connectivity index is 3.50. The summed E-state index contributed by atoms with van der Waals surface area (Å²) in [6.07, 6.45) is 85.3. The third-order valence-corrected chi connectivity index (χ3v) is 15.9. The minimum atomic E-state index is -0.930. The van der Waals surface area contributed by atoms with Gasteiger partial charge in [-0.15, -0.1) is 0 Å². The van der Waals surface area contributed by atoms with Crippen LogP contribution in [0.25, 0.3) is 0 Å². The lowest BCUT2D eigenvalue weighted by atomic mass is 10.0. The van der Waals surface area contributed by atoms with E-state index < -0.39 is 18.2 Å². The maximum absolute atomic E-state index is 12.6. The van der Waals surface area contributed by atoms with Crippen molar-refractivity contribution in [2.75, 3.05) is 6.61 Å². The fourth-order valence-electron chi connectivity index (χ4n) is 10.8. The smallest absolute Gasteiger partial charge is 0.222 e. The van der Waals surface area contributed by atoms with E-state index in [1.165, 1.54) is 315 Å². The van der Waals surface area contributed by atoms with Crippen LogP contribution in [0.15, 0.2) is 36.5 Å². The molecule has 0 heterocycles. The molecule has 0 spiro atoms. The lowest BCUT2D eigenvalue weighted by Gasteiger charge is -2.21. The molecule has 0 bridgehead atoms. The van der Waals surface area contributed by atoms with Crippen molar-refractivity contribution in [1.29, 1.82) is 0 Å². The molecule has 0 saturated heterocycles. The van der Waals surface area contributed by atoms with E-state index in [1.807, 2.05) is 6.08 Å². The Hall–Kier alpha value is -1.43. The normalized spacial score (nSPS) is 13.3. The van der Waals surface area contributed by atoms with Gasteiger partial charge in [-0.2, -0.15) is 0 Å². The molecule has 0 aliphatic carbocycles. The highest BCUT2D eigenvalue weighted by Gasteiger charge is 2.20. The maximum Gasteiger partial charge on any atom is 0.222 e. The second kappa shape index (κ2) is 64.1. The van der Waals surface area contributed by atoms with E-state index in [-0.39, 0.29) is 18.9 Å². The van der Waals surface area contributed by atoms with Crippen LogP contribution in [0, 0.1) is 0 Å². The number of carbonyl (C=O) groups is 1. The highest BCUT2D eigenvalue weighted by Crippen LogP contribution is 2.19. The van der Waals surface area contributed by atoms with E-state index in [0.29, 0.717) is 6.42 Å². The van der Waals surface area contributed by atoms with Gasteiger partial charge in [-0.1, -0.05) is 352 Å². The fourth-order valence-corrected chi connectivity index (χ4v) is 10.8. The lowest BCUT2D eigenvalue weighted by Crippen LogP contribution is -2.45. The van der Waals surface area contributed by atoms with Crippen LogP contribution in [0.1, 0.15) is 373 Å². The first-order valence-corrected chi connectivity index (χ1v) is 33.8. The maximum atomic E-state index is 12.6. The molecule has 0 aliphatic heterocycles. The number of nitrogens with one attached hydrogen (secondary N) is 1. The van der Waals surface area contributed by atoms with E-state index in [1.54, 1.807) is 6.08 Å². The van der Waals surface area contributed by atoms with Crippen LogP contribution < -0.4 is 5.32 Å². The molecule has 0 aliphatic rings. The molecule has 74 heavy (non-hydrogen) atoms. The first-order valence-electron chi connectivity index (χ1n) is 33.8. The number of aliphatic hydroxyl groups is 3. The third kappa shape index (κ3) is 59.8. The summed E-state index contributed by atoms with van der Waals surface area (Å²) in [6.45, 7) is 4.26. The Kier molecular flexibility index (Phi) is 62.9. The number of carbonyl (C=O) groups excluding carboxylic acids is 1. The molecule has 1 amide bonds. The number of rotatable bonds is 63. The first-order chi connectivity index (χ1) is 36.5. The molecular formula is C69H133NO4. The summed E-state index contributed by atoms with van der Waals surface area (Å²) in [5, 5.41) is 33.6. The van der Waals surface area contributed by atoms with E-state index in [0.717, 1.165) is 32.1 Å². The van der Waals surface area contributed by atoms with Gasteiger partial charge < -0.3 is 20.6 Å². The van der Waals surface area contributed by atoms with Gasteiger partial charge in [0.2, 0.25) is 5.91 Å². The van der Waals surface area contributed by atoms with Crippen molar-refractivity contribution in [2.45, 2.75) is 392 Å². The summed E-state index contributed by atoms with van der Waals surface area (Å²) in [6, 6.07) is -0.746. The Bertz CT molecular complexity index is 1150. The van der Waals surface area contributed by atoms with Gasteiger partial charge >= 0.3 is 0 Å². The minimum absolute atomic E-state index is 0.0157. The minimum Gasteiger partial charge on any atom is -0.394 e. The van der Waals surface area contributed by atoms with Crippen LogP contribution >= 0.6 is 0 Å². The summed E-state index contributed by atoms with van der Waals surface area (Å²) in [5.74, 6) is -0.309. The van der Waals surface area contributed by atoms with Gasteiger partial charge in [0, 0.05) is 0 Å². The molecule has 0 aromatic carbocycles. The molecule has 0 aromatic heterocycles. The summed E-state index contributed by atoms with van der Waals surface area (Å²) in [5.41, 5.74) is 0. The van der Waals surface area contributed by atoms with Crippen molar-refractivity contribution < 1.29 is 20.1 Å². The number of aliphatic hydroxyl groups excluding tert-OH is 3. The molecule has 438 valence electrons. The topological polar surface area (TPSA) is 89.8 Å². The average molecular weight is 1040 g/mol. The predicted octanol–water partition coefficient (Wildman–Crippen LogP) is 21.7. The molecule has 0 radical (unpaired) electrons. The van der Waals surface area contributed by atoms with Gasteiger partial charge in [-0.25, -0.2) is 0 Å². The van der Waals surface area contributed by atoms with Crippen LogP contribution in [-0.4, -0.2) is 46.1 Å². The van der Waals surface area contributed by atoms with E-state index >= 15 is 0 Å². The summed E-state index contributed by atoms with van der Waals surface area (Å²) in [4.78, 5) is 12.6. The molecule has 5 heteroatoms. The van der Waals surface area contributed by atoms with E-state index in [4.69, 9.17) is 0 Å². The Morgan fingerprint density at radius 3 is 0.892 bits per heavy atom. The number of unbranched alkanes of at least 4 members (excludes halogenated alkanes) is 50. The van der Waals surface area contributed by atoms with Gasteiger partial charge in [0.15, 0.2) is 0 Å². The Labute approximate surface area is 464 Å². The number of amides is 1. The molecule has 0 fully saturated rings. The van der Waals surface area contributed by atoms with Gasteiger partial charge in [0.05, 0.1) is 31.3 Å². The zero-order chi connectivity index (χ0) is 53.6. The van der Waals surface area contributed by atoms with Gasteiger partial charge in [-0.05, 0) is 51.4 Å². The zero-order valence-corrected chi connectivity index (χ0v) is 50.3. The van der Waals surface area contributed by atoms with Crippen molar-refractivity contribution >= 4 is 5.91 Å². The molecular weight excluding hydrogens is 907 g/mol. The quantitative estimate of drug-likeness (QED) is 0.0361. The van der Waals surface area contributed by atoms with Crippen molar-refractivity contribution in [2.24, 2.45) is 0 Å². The zero-order valence-electron chi connectivity index (χ0n) is 50.3. The number of hydrogen-bond acceptors (Lipinski definition) is 4. The monoisotopic (exact) mass is 1040 g/mol. The Morgan fingerprint density at radius 1 is 0.351 bits per heavy atom. The molecule has 3 atom stereocenters. The number of allylic oxidation sites excluding steroid dienone is 5. The highest BCUT2D eigenvalue weighted by molar-refractivity contribution is 5.76. The van der Waals surface area contributed by atoms with Crippen molar-refractivity contribution in [3.05, 3.63) is 36.5 Å². The van der Waals surface area contributed by atoms with Crippen LogP contribution in [0.3, 0.4) is 0 Å². The summed E-state index contributed by atoms with van der Waals surface area (Å²) < 4.78 is 0. The summed E-state index contributed by atoms with van der Waals surface area (Å²) >= 11 is 0. The van der Waals surface area contributed by atoms with Crippen LogP contribution in [0.5, 0.6) is 0 Å². The second-order valence-corrected chi connectivity index (χ2v) is 23.4. The molecule has 0 saturated carbocycles. The standard InChI is InChI=1S/C69H133NO4/c1-3-5-7-9-11-13-15-17-19-21-23-25-27-29-30-31-32-33-34-35-36-37-38-39-40-42-44-46-48-50-52-54-56-58-60-62-66(72)64-69(74)70-67(65-71)68(73)63-61-59-57-55-53-51-49-47-45-43-41-28-26-24-22-20-18-16-14-12-10-8-6-4-2/h30-31,33-34,61,63,66-68,71-73H,3-29,32,35-60,62,64-65H2,1-2H3,(H,70,74)/b31-30-,34-33-,63-61+. The van der Waals surface area contributed by atoms with Crippen molar-refractivity contribution in [3.63, 3.8) is 0 Å². The van der Waals surface area contributed by atoms with Crippen LogP contribution in [0.4, 0.5) is 0 Å². The predicted molar refractivity (Wildman–Crippen MR) is 328 cm³/mol. The first kappa shape index (κ1) is 72.6. The lowest BCUT2D eigenvalue weighted by molar-refractivity contribution is -0.124. The van der Waals surface area contributed by atoms with Gasteiger partial charge in [0.25, 0.3) is 0 Å². The molecule has 0 rings (SSSR count). The molecule has 3 unspecified atom stereocenters. The molecule has 0 aromatic rings. The fraction of sp³-hybridized carbons (Fsp3) is 0.899. The molecule has 4 N–H and O–H groups in total. The van der Waals surface area contributed by atoms with Crippen LogP contribution in [0.2, 0.25) is 0 Å². The van der Waals surface area contributed by atoms with Crippen molar-refractivity contribution in [1.82, 2.24) is 5.32 Å². The van der Waals surface area contributed by atoms with Gasteiger partial charge in [-0.3, -0.25) is 4.79 Å². The largest absolute Gasteiger partial charge is 0.394 e. The second-order valence-electron chi connectivity index (χ2n) is 23.4. The SMILES string of the molecule is CCCCCCCCCCCCCCC/C=C\C/C=C\CCCCCCCCCCCCCCCCCC(O)CC(=O)NC(CO)C(O)/C=C/CCCCCCCCCCCCCCCCCCCCCCCC. The average Bonchev–Trinajstić information content (AvgIpc) is 3.40. The number of hydrogen-bond donors (Lipinski definition) is 4. The van der Waals surface area contributed by atoms with Gasteiger partial charge in [0.1, 0.15) is 0 Å². The van der Waals surface area contributed by atoms with E-state index in [9.17, 15) is 20.1 Å². The van der Waals surface area contributed by atoms with Crippen LogP contribution in [-0.2, 0) is 4.79 Å². The van der Waals surface area contributed by atoms with Crippen molar-refractivity contribution in [3.8, 4) is 0 Å².